The first-order valence-corrected chi connectivity index (χ1v) is 9.04. The molecule has 0 unspecified atom stereocenters. The van der Waals surface area contributed by atoms with E-state index in [4.69, 9.17) is 4.74 Å². The Bertz CT molecular complexity index is 909. The first kappa shape index (κ1) is 17.9. The van der Waals surface area contributed by atoms with E-state index in [1.54, 1.807) is 19.2 Å². The van der Waals surface area contributed by atoms with E-state index in [1.807, 2.05) is 41.8 Å². The first-order chi connectivity index (χ1) is 12.6. The maximum Gasteiger partial charge on any atom is 0.269 e. The molecule has 3 aromatic rings. The lowest BCUT2D eigenvalue weighted by Crippen LogP contribution is -2.00. The molecule has 0 aliphatic heterocycles. The number of hydrogen-bond acceptors (Lipinski definition) is 6. The summed E-state index contributed by atoms with van der Waals surface area (Å²) in [5.41, 5.74) is 1.93. The predicted octanol–water partition coefficient (Wildman–Crippen LogP) is 4.17. The van der Waals surface area contributed by atoms with Crippen LogP contribution in [-0.2, 0) is 12.3 Å². The van der Waals surface area contributed by atoms with E-state index in [0.29, 0.717) is 5.75 Å². The maximum atomic E-state index is 10.9. The van der Waals surface area contributed by atoms with Crippen LogP contribution in [0.3, 0.4) is 0 Å². The third-order valence-corrected chi connectivity index (χ3v) is 4.91. The molecule has 0 N–H and O–H groups in total. The van der Waals surface area contributed by atoms with Crippen molar-refractivity contribution in [3.63, 3.8) is 0 Å². The second-order valence-corrected chi connectivity index (χ2v) is 6.44. The molecule has 26 heavy (non-hydrogen) atoms. The molecule has 0 aliphatic carbocycles. The molecule has 0 fully saturated rings. The molecule has 1 heterocycles. The van der Waals surface area contributed by atoms with Crippen LogP contribution in [-0.4, -0.2) is 26.8 Å². The highest BCUT2D eigenvalue weighted by atomic mass is 32.2. The lowest BCUT2D eigenvalue weighted by atomic mass is 10.2. The minimum Gasteiger partial charge on any atom is -0.497 e. The molecular weight excluding hydrogens is 352 g/mol. The number of rotatable bonds is 7. The highest BCUT2D eigenvalue weighted by Crippen LogP contribution is 2.28. The van der Waals surface area contributed by atoms with Gasteiger partial charge in [-0.1, -0.05) is 23.9 Å². The van der Waals surface area contributed by atoms with E-state index in [0.717, 1.165) is 34.4 Å². The van der Waals surface area contributed by atoms with E-state index in [2.05, 4.69) is 10.2 Å². The van der Waals surface area contributed by atoms with Gasteiger partial charge in [-0.3, -0.25) is 10.1 Å². The lowest BCUT2D eigenvalue weighted by molar-refractivity contribution is -0.384. The summed E-state index contributed by atoms with van der Waals surface area (Å²) in [6, 6.07) is 14.3. The Morgan fingerprint density at radius 3 is 2.62 bits per heavy atom. The van der Waals surface area contributed by atoms with Crippen LogP contribution in [0.1, 0.15) is 12.5 Å². The summed E-state index contributed by atoms with van der Waals surface area (Å²) >= 11 is 1.51. The summed E-state index contributed by atoms with van der Waals surface area (Å²) in [5.74, 6) is 2.16. The molecule has 7 nitrogen and oxygen atoms in total. The Hall–Kier alpha value is -2.87. The number of ether oxygens (including phenoxy) is 1. The highest BCUT2D eigenvalue weighted by Gasteiger charge is 2.14. The van der Waals surface area contributed by atoms with E-state index in [9.17, 15) is 10.1 Å². The number of nitrogens with zero attached hydrogens (tertiary/aromatic N) is 4. The summed E-state index contributed by atoms with van der Waals surface area (Å²) in [5, 5.41) is 20.3. The van der Waals surface area contributed by atoms with Gasteiger partial charge in [-0.05, 0) is 36.8 Å². The van der Waals surface area contributed by atoms with Gasteiger partial charge in [-0.15, -0.1) is 10.2 Å². The smallest absolute Gasteiger partial charge is 0.269 e. The molecule has 134 valence electrons. The Morgan fingerprint density at radius 1 is 1.19 bits per heavy atom. The van der Waals surface area contributed by atoms with Gasteiger partial charge in [0.25, 0.3) is 5.69 Å². The van der Waals surface area contributed by atoms with Crippen LogP contribution in [0.15, 0.2) is 53.7 Å². The standard InChI is InChI=1S/C18H18N4O3S/c1-3-21-17(14-7-9-16(25-2)10-8-14)19-20-18(21)26-12-13-5-4-6-15(11-13)22(23)24/h4-11H,3,12H2,1-2H3. The van der Waals surface area contributed by atoms with Crippen molar-refractivity contribution >= 4 is 17.4 Å². The molecule has 0 saturated carbocycles. The van der Waals surface area contributed by atoms with Crippen molar-refractivity contribution in [1.82, 2.24) is 14.8 Å². The van der Waals surface area contributed by atoms with Crippen LogP contribution in [0, 0.1) is 10.1 Å². The van der Waals surface area contributed by atoms with Gasteiger partial charge in [-0.25, -0.2) is 0 Å². The molecule has 0 aliphatic rings. The van der Waals surface area contributed by atoms with Crippen molar-refractivity contribution < 1.29 is 9.66 Å². The Balaban J connectivity index is 1.79. The minimum atomic E-state index is -0.384. The molecule has 0 amide bonds. The molecule has 0 atom stereocenters. The summed E-state index contributed by atoms with van der Waals surface area (Å²) in [4.78, 5) is 10.5. The number of hydrogen-bond donors (Lipinski definition) is 0. The topological polar surface area (TPSA) is 83.1 Å². The number of thioether (sulfide) groups is 1. The number of nitro benzene ring substituents is 1. The van der Waals surface area contributed by atoms with E-state index in [1.165, 1.54) is 17.8 Å². The summed E-state index contributed by atoms with van der Waals surface area (Å²) in [6.07, 6.45) is 0. The monoisotopic (exact) mass is 370 g/mol. The molecule has 0 spiro atoms. The van der Waals surface area contributed by atoms with Gasteiger partial charge in [0, 0.05) is 30.0 Å². The number of benzene rings is 2. The SMILES string of the molecule is CCn1c(SCc2cccc([N+](=O)[O-])c2)nnc1-c1ccc(OC)cc1. The van der Waals surface area contributed by atoms with Gasteiger partial charge in [-0.2, -0.15) is 0 Å². The Labute approximate surface area is 155 Å². The van der Waals surface area contributed by atoms with Gasteiger partial charge in [0.1, 0.15) is 5.75 Å². The van der Waals surface area contributed by atoms with Crippen LogP contribution in [0.5, 0.6) is 5.75 Å². The number of non-ortho nitro benzene ring substituents is 1. The lowest BCUT2D eigenvalue weighted by Gasteiger charge is -2.08. The fourth-order valence-electron chi connectivity index (χ4n) is 2.54. The molecule has 8 heteroatoms. The molecule has 3 rings (SSSR count). The van der Waals surface area contributed by atoms with Crippen LogP contribution < -0.4 is 4.74 Å². The zero-order chi connectivity index (χ0) is 18.5. The van der Waals surface area contributed by atoms with Gasteiger partial charge < -0.3 is 9.30 Å². The molecule has 1 aromatic heterocycles. The summed E-state index contributed by atoms with van der Waals surface area (Å²) in [6.45, 7) is 2.76. The zero-order valence-corrected chi connectivity index (χ0v) is 15.3. The molecule has 0 bridgehead atoms. The molecule has 2 aromatic carbocycles. The van der Waals surface area contributed by atoms with E-state index >= 15 is 0 Å². The normalized spacial score (nSPS) is 10.7. The van der Waals surface area contributed by atoms with E-state index < -0.39 is 0 Å². The average molecular weight is 370 g/mol. The zero-order valence-electron chi connectivity index (χ0n) is 14.5. The van der Waals surface area contributed by atoms with Gasteiger partial charge in [0.2, 0.25) is 0 Å². The molecular formula is C18H18N4O3S. The van der Waals surface area contributed by atoms with Crippen molar-refractivity contribution in [2.24, 2.45) is 0 Å². The number of nitro groups is 1. The second kappa shape index (κ2) is 8.01. The van der Waals surface area contributed by atoms with Crippen molar-refractivity contribution in [3.8, 4) is 17.1 Å². The third-order valence-electron chi connectivity index (χ3n) is 3.87. The van der Waals surface area contributed by atoms with E-state index in [-0.39, 0.29) is 10.6 Å². The third kappa shape index (κ3) is 3.85. The number of aromatic nitrogens is 3. The van der Waals surface area contributed by atoms with Crippen LogP contribution in [0.2, 0.25) is 0 Å². The van der Waals surface area contributed by atoms with Crippen LogP contribution in [0.25, 0.3) is 11.4 Å². The van der Waals surface area contributed by atoms with Crippen LogP contribution >= 0.6 is 11.8 Å². The fourth-order valence-corrected chi connectivity index (χ4v) is 3.49. The highest BCUT2D eigenvalue weighted by molar-refractivity contribution is 7.98. The van der Waals surface area contributed by atoms with Gasteiger partial charge in [0.15, 0.2) is 11.0 Å². The molecule has 0 saturated heterocycles. The quantitative estimate of drug-likeness (QED) is 0.352. The molecule has 0 radical (unpaired) electrons. The maximum absolute atomic E-state index is 10.9. The largest absolute Gasteiger partial charge is 0.497 e. The van der Waals surface area contributed by atoms with Gasteiger partial charge >= 0.3 is 0 Å². The summed E-state index contributed by atoms with van der Waals surface area (Å²) in [7, 11) is 1.63. The van der Waals surface area contributed by atoms with Crippen molar-refractivity contribution in [1.29, 1.82) is 0 Å². The van der Waals surface area contributed by atoms with Gasteiger partial charge in [0.05, 0.1) is 12.0 Å². The second-order valence-electron chi connectivity index (χ2n) is 5.49. The van der Waals surface area contributed by atoms with Crippen molar-refractivity contribution in [3.05, 3.63) is 64.2 Å². The first-order valence-electron chi connectivity index (χ1n) is 8.06. The Kier molecular flexibility index (Phi) is 5.52. The summed E-state index contributed by atoms with van der Waals surface area (Å²) < 4.78 is 7.22. The van der Waals surface area contributed by atoms with Crippen LogP contribution in [0.4, 0.5) is 5.69 Å². The van der Waals surface area contributed by atoms with Crippen molar-refractivity contribution in [2.45, 2.75) is 24.4 Å². The number of methoxy groups -OCH3 is 1. The predicted molar refractivity (Wildman–Crippen MR) is 100 cm³/mol. The van der Waals surface area contributed by atoms with Crippen molar-refractivity contribution in [2.75, 3.05) is 7.11 Å². The fraction of sp³-hybridized carbons (Fsp3) is 0.222. The Morgan fingerprint density at radius 2 is 1.96 bits per heavy atom. The average Bonchev–Trinajstić information content (AvgIpc) is 3.09. The minimum absolute atomic E-state index is 0.0963.